The quantitative estimate of drug-likeness (QED) is 0.149. The van der Waals surface area contributed by atoms with Crippen molar-refractivity contribution in [1.29, 1.82) is 0 Å². The molecule has 15 nitrogen and oxygen atoms in total. The highest BCUT2D eigenvalue weighted by atomic mass is 35.5. The van der Waals surface area contributed by atoms with E-state index in [-0.39, 0.29) is 27.6 Å². The lowest BCUT2D eigenvalue weighted by Crippen LogP contribution is -2.03. The fraction of sp³-hybridized carbons (Fsp3) is 0.238. The van der Waals surface area contributed by atoms with E-state index >= 15 is 0 Å². The minimum atomic E-state index is -1.14. The molecule has 0 bridgehead atoms. The molecule has 0 aliphatic rings. The first kappa shape index (κ1) is 35.7. The van der Waals surface area contributed by atoms with Gasteiger partial charge in [0.05, 0.1) is 57.9 Å². The second-order valence-corrected chi connectivity index (χ2v) is 7.17. The lowest BCUT2D eigenvalue weighted by Gasteiger charge is -2.06. The number of hydrogen-bond donors (Lipinski definition) is 1. The number of nitro benzene ring substituents is 2. The number of halogens is 4. The van der Waals surface area contributed by atoms with Crippen molar-refractivity contribution in [3.05, 3.63) is 60.6 Å². The van der Waals surface area contributed by atoms with Gasteiger partial charge in [0.1, 0.15) is 5.75 Å². The van der Waals surface area contributed by atoms with Crippen molar-refractivity contribution in [3.63, 3.8) is 0 Å². The average molecular weight is 635 g/mol. The smallest absolute Gasteiger partial charge is 0.338 e. The van der Waals surface area contributed by atoms with Gasteiger partial charge in [0.15, 0.2) is 10.8 Å². The molecule has 0 saturated heterocycles. The lowest BCUT2D eigenvalue weighted by atomic mass is 10.1. The number of carbonyl (C=O) groups is 4. The normalized spacial score (nSPS) is 9.35. The number of methoxy groups -OCH3 is 4. The summed E-state index contributed by atoms with van der Waals surface area (Å²) in [7, 11) is 3.84. The molecule has 2 rings (SSSR count). The number of rotatable bonds is 7. The SMILES string of the molecule is COC(=O)c1cc(OC)c(Cl)c([N+](=O)[O-])c1.COC(=O)c1cc(OC)c(O)c([N+](=O)[O-])c1.O=C(Cl)C(=O)Cl.[2H]CF. The van der Waals surface area contributed by atoms with Crippen LogP contribution in [0.2, 0.25) is 5.02 Å². The molecule has 0 aliphatic carbocycles. The zero-order valence-electron chi connectivity index (χ0n) is 21.8. The van der Waals surface area contributed by atoms with Gasteiger partial charge in [0.25, 0.3) is 5.69 Å². The summed E-state index contributed by atoms with van der Waals surface area (Å²) in [5.74, 6) is -2.18. The van der Waals surface area contributed by atoms with Gasteiger partial charge in [-0.15, -0.1) is 0 Å². The van der Waals surface area contributed by atoms with Crippen molar-refractivity contribution in [3.8, 4) is 17.2 Å². The van der Waals surface area contributed by atoms with E-state index in [1.54, 1.807) is 0 Å². The molecule has 0 heterocycles. The van der Waals surface area contributed by atoms with Gasteiger partial charge >= 0.3 is 28.1 Å². The Bertz CT molecular complexity index is 1190. The third-order valence-corrected chi connectivity index (χ3v) is 4.72. The molecule has 0 fully saturated rings. The van der Waals surface area contributed by atoms with Crippen LogP contribution in [0.3, 0.4) is 0 Å². The van der Waals surface area contributed by atoms with Crippen molar-refractivity contribution < 1.29 is 58.8 Å². The average Bonchev–Trinajstić information content (AvgIpc) is 2.93. The van der Waals surface area contributed by atoms with E-state index in [2.05, 4.69) is 32.7 Å². The van der Waals surface area contributed by atoms with E-state index in [0.717, 1.165) is 25.3 Å². The molecule has 1 N–H and O–H groups in total. The Labute approximate surface area is 240 Å². The highest BCUT2D eigenvalue weighted by Gasteiger charge is 2.23. The van der Waals surface area contributed by atoms with Crippen LogP contribution in [0, 0.1) is 20.2 Å². The van der Waals surface area contributed by atoms with Gasteiger partial charge < -0.3 is 24.1 Å². The van der Waals surface area contributed by atoms with Gasteiger partial charge in [-0.25, -0.2) is 9.59 Å². The second-order valence-electron chi connectivity index (χ2n) is 6.10. The summed E-state index contributed by atoms with van der Waals surface area (Å²) in [4.78, 5) is 61.0. The molecular formula is C21H20Cl3FN2O13. The van der Waals surface area contributed by atoms with Gasteiger partial charge in [0, 0.05) is 12.1 Å². The van der Waals surface area contributed by atoms with E-state index in [1.165, 1.54) is 27.4 Å². The van der Waals surface area contributed by atoms with Crippen molar-refractivity contribution in [2.45, 2.75) is 0 Å². The van der Waals surface area contributed by atoms with Gasteiger partial charge in [-0.1, -0.05) is 11.6 Å². The molecule has 2 aromatic carbocycles. The molecule has 0 aliphatic heterocycles. The number of carbonyl (C=O) groups excluding carboxylic acids is 4. The number of aromatic hydroxyl groups is 1. The van der Waals surface area contributed by atoms with Gasteiger partial charge in [-0.2, -0.15) is 0 Å². The topological polar surface area (TPSA) is 212 Å². The van der Waals surface area contributed by atoms with Crippen LogP contribution >= 0.6 is 34.8 Å². The van der Waals surface area contributed by atoms with Crippen LogP contribution in [-0.4, -0.2) is 73.0 Å². The summed E-state index contributed by atoms with van der Waals surface area (Å²) in [6.07, 6.45) is 0. The molecule has 220 valence electrons. The third-order valence-electron chi connectivity index (χ3n) is 3.90. The molecule has 0 unspecified atom stereocenters. The number of benzene rings is 2. The van der Waals surface area contributed by atoms with E-state index in [0.29, 0.717) is 0 Å². The number of hydrogen-bond acceptors (Lipinski definition) is 13. The first-order chi connectivity index (χ1) is 19.1. The van der Waals surface area contributed by atoms with Crippen LogP contribution in [0.5, 0.6) is 17.2 Å². The Morgan fingerprint density at radius 2 is 1.18 bits per heavy atom. The summed E-state index contributed by atoms with van der Waals surface area (Å²) in [6, 6.07) is 4.40. The molecule has 0 saturated carbocycles. The number of phenolic OH excluding ortho intramolecular Hbond substituents is 1. The van der Waals surface area contributed by atoms with E-state index in [1.807, 2.05) is 0 Å². The van der Waals surface area contributed by atoms with Crippen LogP contribution < -0.4 is 9.47 Å². The fourth-order valence-corrected chi connectivity index (χ4v) is 2.48. The first-order valence-corrected chi connectivity index (χ1v) is 10.7. The van der Waals surface area contributed by atoms with E-state index in [9.17, 15) is 48.9 Å². The van der Waals surface area contributed by atoms with Crippen molar-refractivity contribution >= 4 is 68.6 Å². The summed E-state index contributed by atoms with van der Waals surface area (Å²) in [5.41, 5.74) is -1.07. The molecular weight excluding hydrogens is 614 g/mol. The van der Waals surface area contributed by atoms with Gasteiger partial charge in [0.2, 0.25) is 5.75 Å². The van der Waals surface area contributed by atoms with Crippen molar-refractivity contribution in [1.82, 2.24) is 0 Å². The number of nitro groups is 2. The number of ether oxygens (including phenoxy) is 4. The predicted octanol–water partition coefficient (Wildman–Crippen LogP) is 4.24. The standard InChI is InChI=1S/C9H8ClNO5.C9H9NO6.C2Cl2O2.CH3F/c1-15-7-4-5(9(12)16-2)3-6(8(7)10)11(13)14;1-15-7-4-5(9(12)16-2)3-6(8(7)11)10(13)14;3-1(5)2(4)6;1-2/h3-4H,1-2H3;3-4,11H,1-2H3;;1H3/i;;;1D. The van der Waals surface area contributed by atoms with E-state index in [4.69, 9.17) is 22.4 Å². The maximum atomic E-state index is 11.2. The predicted molar refractivity (Wildman–Crippen MR) is 137 cm³/mol. The Kier molecular flexibility index (Phi) is 16.9. The van der Waals surface area contributed by atoms with Crippen LogP contribution in [0.25, 0.3) is 0 Å². The lowest BCUT2D eigenvalue weighted by molar-refractivity contribution is -0.386. The number of esters is 2. The van der Waals surface area contributed by atoms with Crippen LogP contribution in [-0.2, 0) is 19.1 Å². The van der Waals surface area contributed by atoms with Crippen LogP contribution in [0.1, 0.15) is 22.1 Å². The highest BCUT2D eigenvalue weighted by Crippen LogP contribution is 2.37. The monoisotopic (exact) mass is 633 g/mol. The van der Waals surface area contributed by atoms with E-state index < -0.39 is 56.5 Å². The first-order valence-electron chi connectivity index (χ1n) is 10.3. The Morgan fingerprint density at radius 3 is 1.48 bits per heavy atom. The summed E-state index contributed by atoms with van der Waals surface area (Å²) < 4.78 is 33.9. The minimum absolute atomic E-state index is 0.00968. The molecule has 0 atom stereocenters. The molecule has 0 radical (unpaired) electrons. The number of alkyl halides is 1. The maximum Gasteiger partial charge on any atom is 0.338 e. The van der Waals surface area contributed by atoms with Crippen molar-refractivity contribution in [2.24, 2.45) is 0 Å². The molecule has 19 heteroatoms. The summed E-state index contributed by atoms with van der Waals surface area (Å²) in [5, 5.41) is 28.2. The molecule has 40 heavy (non-hydrogen) atoms. The summed E-state index contributed by atoms with van der Waals surface area (Å²) >= 11 is 14.7. The Hall–Kier alpha value is -4.28. The molecule has 0 amide bonds. The summed E-state index contributed by atoms with van der Waals surface area (Å²) in [6.45, 7) is 0. The third kappa shape index (κ3) is 11.6. The fourth-order valence-electron chi connectivity index (χ4n) is 2.22. The Morgan fingerprint density at radius 1 is 0.825 bits per heavy atom. The van der Waals surface area contributed by atoms with Gasteiger partial charge in [-0.3, -0.25) is 34.2 Å². The van der Waals surface area contributed by atoms with Crippen LogP contribution in [0.4, 0.5) is 15.8 Å². The van der Waals surface area contributed by atoms with Crippen molar-refractivity contribution in [2.75, 3.05) is 35.6 Å². The van der Waals surface area contributed by atoms with Gasteiger partial charge in [-0.05, 0) is 35.3 Å². The number of nitrogens with zero attached hydrogens (tertiary/aromatic N) is 2. The molecule has 2 aromatic rings. The number of phenols is 1. The van der Waals surface area contributed by atoms with Crippen LogP contribution in [0.15, 0.2) is 24.3 Å². The highest BCUT2D eigenvalue weighted by molar-refractivity contribution is 6.97. The Balaban J connectivity index is 0. The minimum Gasteiger partial charge on any atom is -0.500 e. The zero-order chi connectivity index (χ0) is 32.4. The zero-order valence-corrected chi connectivity index (χ0v) is 23.0. The largest absolute Gasteiger partial charge is 0.500 e. The second kappa shape index (κ2) is 18.9. The molecule has 0 spiro atoms. The maximum absolute atomic E-state index is 11.2. The molecule has 0 aromatic heterocycles.